The highest BCUT2D eigenvalue weighted by Crippen LogP contribution is 2.04. The van der Waals surface area contributed by atoms with Crippen molar-refractivity contribution >= 4 is 5.82 Å². The van der Waals surface area contributed by atoms with E-state index >= 15 is 0 Å². The minimum absolute atomic E-state index is 0.491. The third kappa shape index (κ3) is 2.07. The number of halogens is 1. The molecule has 0 saturated carbocycles. The molecule has 2 rings (SSSR count). The van der Waals surface area contributed by atoms with E-state index in [0.29, 0.717) is 12.4 Å². The molecule has 0 unspecified atom stereocenters. The van der Waals surface area contributed by atoms with Gasteiger partial charge in [-0.25, -0.2) is 9.97 Å². The Morgan fingerprint density at radius 2 is 2.36 bits per heavy atom. The molecule has 0 fully saturated rings. The Morgan fingerprint density at radius 3 is 3.07 bits per heavy atom. The summed E-state index contributed by atoms with van der Waals surface area (Å²) in [5.74, 6) is 0.798. The number of aromatic amines is 1. The van der Waals surface area contributed by atoms with Crippen LogP contribution in [0.1, 0.15) is 5.82 Å². The van der Waals surface area contributed by atoms with Crippen molar-refractivity contribution in [3.63, 3.8) is 0 Å². The van der Waals surface area contributed by atoms with Crippen LogP contribution in [0.25, 0.3) is 0 Å². The normalized spacial score (nSPS) is 10.1. The lowest BCUT2D eigenvalue weighted by Gasteiger charge is -2.02. The summed E-state index contributed by atoms with van der Waals surface area (Å²) in [6.07, 6.45) is 3.39. The molecule has 2 aromatic heterocycles. The Bertz CT molecular complexity index is 399. The van der Waals surface area contributed by atoms with Crippen LogP contribution in [0.2, 0.25) is 0 Å². The van der Waals surface area contributed by atoms with Crippen LogP contribution in [-0.2, 0) is 6.54 Å². The molecule has 2 heterocycles. The van der Waals surface area contributed by atoms with Crippen LogP contribution in [0.3, 0.4) is 0 Å². The first-order valence-corrected chi connectivity index (χ1v) is 4.19. The zero-order valence-electron chi connectivity index (χ0n) is 7.37. The van der Waals surface area contributed by atoms with Gasteiger partial charge in [-0.05, 0) is 12.1 Å². The molecule has 2 N–H and O–H groups in total. The van der Waals surface area contributed by atoms with E-state index in [4.69, 9.17) is 0 Å². The fourth-order valence-electron chi connectivity index (χ4n) is 1.08. The van der Waals surface area contributed by atoms with Crippen LogP contribution in [0, 0.1) is 5.95 Å². The summed E-state index contributed by atoms with van der Waals surface area (Å²) in [6, 6.07) is 4.61. The summed E-state index contributed by atoms with van der Waals surface area (Å²) in [6.45, 7) is 0.503. The monoisotopic (exact) mass is 192 g/mol. The van der Waals surface area contributed by atoms with Crippen LogP contribution in [0.5, 0.6) is 0 Å². The number of H-pyrrole nitrogens is 1. The Kier molecular flexibility index (Phi) is 2.40. The van der Waals surface area contributed by atoms with E-state index < -0.39 is 5.95 Å². The van der Waals surface area contributed by atoms with E-state index in [1.807, 2.05) is 0 Å². The summed E-state index contributed by atoms with van der Waals surface area (Å²) in [5.41, 5.74) is 0. The second kappa shape index (κ2) is 3.87. The van der Waals surface area contributed by atoms with Crippen molar-refractivity contribution in [2.75, 3.05) is 5.32 Å². The SMILES string of the molecule is Fc1cccc(NCc2ncc[nH]2)n1. The Morgan fingerprint density at radius 1 is 1.43 bits per heavy atom. The van der Waals surface area contributed by atoms with Crippen molar-refractivity contribution in [1.29, 1.82) is 0 Å². The average Bonchev–Trinajstić information content (AvgIpc) is 2.67. The number of hydrogen-bond donors (Lipinski definition) is 2. The molecule has 0 spiro atoms. The number of rotatable bonds is 3. The Labute approximate surface area is 80.2 Å². The van der Waals surface area contributed by atoms with E-state index in [2.05, 4.69) is 20.3 Å². The molecule has 4 nitrogen and oxygen atoms in total. The van der Waals surface area contributed by atoms with E-state index in [1.165, 1.54) is 6.07 Å². The van der Waals surface area contributed by atoms with E-state index in [-0.39, 0.29) is 0 Å². The maximum Gasteiger partial charge on any atom is 0.214 e. The molecule has 0 bridgehead atoms. The van der Waals surface area contributed by atoms with Gasteiger partial charge in [0.15, 0.2) is 0 Å². The Hall–Kier alpha value is -1.91. The first-order chi connectivity index (χ1) is 6.84. The molecule has 0 aliphatic carbocycles. The molecule has 0 atom stereocenters. The molecule has 0 aliphatic heterocycles. The maximum absolute atomic E-state index is 12.7. The van der Waals surface area contributed by atoms with E-state index in [1.54, 1.807) is 24.5 Å². The predicted molar refractivity (Wildman–Crippen MR) is 50.1 cm³/mol. The minimum Gasteiger partial charge on any atom is -0.363 e. The van der Waals surface area contributed by atoms with E-state index in [9.17, 15) is 4.39 Å². The molecule has 0 aromatic carbocycles. The van der Waals surface area contributed by atoms with Crippen molar-refractivity contribution in [1.82, 2.24) is 15.0 Å². The smallest absolute Gasteiger partial charge is 0.214 e. The summed E-state index contributed by atoms with van der Waals surface area (Å²) in [5, 5.41) is 2.94. The molecule has 14 heavy (non-hydrogen) atoms. The average molecular weight is 192 g/mol. The molecular formula is C9H9FN4. The number of anilines is 1. The molecule has 0 amide bonds. The first-order valence-electron chi connectivity index (χ1n) is 4.19. The zero-order valence-corrected chi connectivity index (χ0v) is 7.37. The second-order valence-corrected chi connectivity index (χ2v) is 2.73. The highest BCUT2D eigenvalue weighted by atomic mass is 19.1. The fourth-order valence-corrected chi connectivity index (χ4v) is 1.08. The number of pyridine rings is 1. The van der Waals surface area contributed by atoms with Gasteiger partial charge in [0, 0.05) is 12.4 Å². The molecule has 5 heteroatoms. The highest BCUT2D eigenvalue weighted by molar-refractivity contribution is 5.33. The zero-order chi connectivity index (χ0) is 9.80. The largest absolute Gasteiger partial charge is 0.363 e. The van der Waals surface area contributed by atoms with E-state index in [0.717, 1.165) is 5.82 Å². The number of nitrogens with zero attached hydrogens (tertiary/aromatic N) is 2. The topological polar surface area (TPSA) is 53.6 Å². The van der Waals surface area contributed by atoms with Crippen molar-refractivity contribution in [3.8, 4) is 0 Å². The van der Waals surface area contributed by atoms with Crippen molar-refractivity contribution in [3.05, 3.63) is 42.4 Å². The van der Waals surface area contributed by atoms with Crippen LogP contribution in [-0.4, -0.2) is 15.0 Å². The molecule has 0 radical (unpaired) electrons. The second-order valence-electron chi connectivity index (χ2n) is 2.73. The minimum atomic E-state index is -0.491. The van der Waals surface area contributed by atoms with Gasteiger partial charge < -0.3 is 10.3 Å². The number of aromatic nitrogens is 3. The number of hydrogen-bond acceptors (Lipinski definition) is 3. The van der Waals surface area contributed by atoms with Gasteiger partial charge in [-0.3, -0.25) is 0 Å². The van der Waals surface area contributed by atoms with Gasteiger partial charge in [0.25, 0.3) is 0 Å². The number of nitrogens with one attached hydrogen (secondary N) is 2. The quantitative estimate of drug-likeness (QED) is 0.725. The lowest BCUT2D eigenvalue weighted by Crippen LogP contribution is -2.03. The Balaban J connectivity index is 1.98. The van der Waals surface area contributed by atoms with Gasteiger partial charge in [0.2, 0.25) is 5.95 Å². The van der Waals surface area contributed by atoms with Crippen LogP contribution in [0.15, 0.2) is 30.6 Å². The summed E-state index contributed by atoms with van der Waals surface area (Å²) in [4.78, 5) is 10.6. The van der Waals surface area contributed by atoms with Crippen LogP contribution < -0.4 is 5.32 Å². The molecule has 2 aromatic rings. The van der Waals surface area contributed by atoms with Crippen molar-refractivity contribution < 1.29 is 4.39 Å². The van der Waals surface area contributed by atoms with Gasteiger partial charge in [-0.2, -0.15) is 4.39 Å². The summed E-state index contributed by atoms with van der Waals surface area (Å²) in [7, 11) is 0. The molecule has 0 aliphatic rings. The lowest BCUT2D eigenvalue weighted by molar-refractivity contribution is 0.585. The van der Waals surface area contributed by atoms with Crippen LogP contribution in [0.4, 0.5) is 10.2 Å². The first kappa shape index (κ1) is 8.68. The summed E-state index contributed by atoms with van der Waals surface area (Å²) < 4.78 is 12.7. The van der Waals surface area contributed by atoms with Crippen LogP contribution >= 0.6 is 0 Å². The number of imidazole rings is 1. The maximum atomic E-state index is 12.7. The third-order valence-corrected chi connectivity index (χ3v) is 1.71. The van der Waals surface area contributed by atoms with Gasteiger partial charge in [0.1, 0.15) is 11.6 Å². The summed E-state index contributed by atoms with van der Waals surface area (Å²) >= 11 is 0. The molecular weight excluding hydrogens is 183 g/mol. The standard InChI is InChI=1S/C9H9FN4/c10-7-2-1-3-8(14-7)13-6-9-11-4-5-12-9/h1-5H,6H2,(H,11,12)(H,13,14). The van der Waals surface area contributed by atoms with Gasteiger partial charge in [-0.15, -0.1) is 0 Å². The van der Waals surface area contributed by atoms with Crippen molar-refractivity contribution in [2.24, 2.45) is 0 Å². The van der Waals surface area contributed by atoms with Gasteiger partial charge in [0.05, 0.1) is 6.54 Å². The van der Waals surface area contributed by atoms with Gasteiger partial charge in [-0.1, -0.05) is 6.07 Å². The third-order valence-electron chi connectivity index (χ3n) is 1.71. The molecule has 72 valence electrons. The lowest BCUT2D eigenvalue weighted by atomic mass is 10.4. The molecule has 0 saturated heterocycles. The fraction of sp³-hybridized carbons (Fsp3) is 0.111. The van der Waals surface area contributed by atoms with Gasteiger partial charge >= 0.3 is 0 Å². The predicted octanol–water partition coefficient (Wildman–Crippen LogP) is 1.56. The highest BCUT2D eigenvalue weighted by Gasteiger charge is 1.97. The van der Waals surface area contributed by atoms with Crippen molar-refractivity contribution in [2.45, 2.75) is 6.54 Å².